The van der Waals surface area contributed by atoms with Gasteiger partial charge in [-0.05, 0) is 67.6 Å². The Morgan fingerprint density at radius 3 is 2.16 bits per heavy atom. The van der Waals surface area contributed by atoms with Gasteiger partial charge in [-0.2, -0.15) is 0 Å². The Bertz CT molecular complexity index is 1180. The van der Waals surface area contributed by atoms with Gasteiger partial charge in [-0.3, -0.25) is 9.10 Å². The Kier molecular flexibility index (Phi) is 7.50. The number of benzene rings is 3. The Labute approximate surface area is 191 Å². The van der Waals surface area contributed by atoms with Gasteiger partial charge in [0.1, 0.15) is 0 Å². The second kappa shape index (κ2) is 10.3. The zero-order chi connectivity index (χ0) is 23.1. The van der Waals surface area contributed by atoms with Crippen molar-refractivity contribution < 1.29 is 22.7 Å². The van der Waals surface area contributed by atoms with Crippen LogP contribution in [0.5, 0.6) is 0 Å². The normalized spacial score (nSPS) is 10.9. The van der Waals surface area contributed by atoms with E-state index < -0.39 is 28.5 Å². The number of nitrogens with one attached hydrogen (secondary N) is 1. The van der Waals surface area contributed by atoms with Crippen LogP contribution >= 0.6 is 11.6 Å². The van der Waals surface area contributed by atoms with E-state index in [9.17, 15) is 18.0 Å². The molecule has 7 nitrogen and oxygen atoms in total. The predicted octanol–water partition coefficient (Wildman–Crippen LogP) is 4.35. The lowest BCUT2D eigenvalue weighted by molar-refractivity contribution is -0.119. The van der Waals surface area contributed by atoms with Crippen LogP contribution < -0.4 is 9.62 Å². The van der Waals surface area contributed by atoms with Crippen LogP contribution in [0, 0.1) is 0 Å². The maximum absolute atomic E-state index is 13.0. The minimum Gasteiger partial charge on any atom is -0.452 e. The van der Waals surface area contributed by atoms with Crippen LogP contribution in [-0.2, 0) is 19.6 Å². The summed E-state index contributed by atoms with van der Waals surface area (Å²) in [7, 11) is -3.80. The lowest BCUT2D eigenvalue weighted by atomic mass is 10.2. The summed E-state index contributed by atoms with van der Waals surface area (Å²) >= 11 is 5.79. The van der Waals surface area contributed by atoms with Crippen LogP contribution in [0.1, 0.15) is 17.3 Å². The van der Waals surface area contributed by atoms with E-state index in [0.717, 1.165) is 0 Å². The zero-order valence-electron chi connectivity index (χ0n) is 17.2. The van der Waals surface area contributed by atoms with Crippen LogP contribution in [0.25, 0.3) is 0 Å². The molecule has 9 heteroatoms. The van der Waals surface area contributed by atoms with Gasteiger partial charge in [-0.1, -0.05) is 29.8 Å². The van der Waals surface area contributed by atoms with Gasteiger partial charge < -0.3 is 10.1 Å². The Balaban J connectivity index is 1.63. The van der Waals surface area contributed by atoms with Crippen molar-refractivity contribution >= 4 is 44.9 Å². The highest BCUT2D eigenvalue weighted by atomic mass is 35.5. The van der Waals surface area contributed by atoms with Crippen LogP contribution in [0.4, 0.5) is 11.4 Å². The van der Waals surface area contributed by atoms with E-state index in [2.05, 4.69) is 5.32 Å². The second-order valence-corrected chi connectivity index (χ2v) is 8.96. The maximum Gasteiger partial charge on any atom is 0.338 e. The fourth-order valence-electron chi connectivity index (χ4n) is 2.92. The summed E-state index contributed by atoms with van der Waals surface area (Å²) in [6.45, 7) is 1.50. The predicted molar refractivity (Wildman–Crippen MR) is 123 cm³/mol. The molecule has 1 amide bonds. The molecule has 0 aliphatic rings. The highest BCUT2D eigenvalue weighted by Crippen LogP contribution is 2.23. The Morgan fingerprint density at radius 2 is 1.56 bits per heavy atom. The average Bonchev–Trinajstić information content (AvgIpc) is 2.80. The SMILES string of the molecule is CCN(c1ccccc1)S(=O)(=O)c1ccc(C(=O)OCC(=O)Nc2ccc(Cl)cc2)cc1. The van der Waals surface area contributed by atoms with Gasteiger partial charge in [0.15, 0.2) is 6.61 Å². The van der Waals surface area contributed by atoms with Gasteiger partial charge in [0.2, 0.25) is 0 Å². The first-order valence-corrected chi connectivity index (χ1v) is 11.5. The third-order valence-electron chi connectivity index (χ3n) is 4.47. The second-order valence-electron chi connectivity index (χ2n) is 6.66. The average molecular weight is 473 g/mol. The highest BCUT2D eigenvalue weighted by Gasteiger charge is 2.24. The molecule has 0 aliphatic carbocycles. The Hall–Kier alpha value is -3.36. The number of rotatable bonds is 8. The smallest absolute Gasteiger partial charge is 0.338 e. The lowest BCUT2D eigenvalue weighted by Gasteiger charge is -2.22. The topological polar surface area (TPSA) is 92.8 Å². The number of carbonyl (C=O) groups excluding carboxylic acids is 2. The number of para-hydroxylation sites is 1. The zero-order valence-corrected chi connectivity index (χ0v) is 18.8. The van der Waals surface area contributed by atoms with Crippen LogP contribution in [0.3, 0.4) is 0 Å². The molecule has 32 heavy (non-hydrogen) atoms. The van der Waals surface area contributed by atoms with E-state index in [4.69, 9.17) is 16.3 Å². The van der Waals surface area contributed by atoms with Crippen LogP contribution in [0.15, 0.2) is 83.8 Å². The first-order chi connectivity index (χ1) is 15.3. The van der Waals surface area contributed by atoms with Crippen molar-refractivity contribution in [3.63, 3.8) is 0 Å². The Morgan fingerprint density at radius 1 is 0.938 bits per heavy atom. The molecule has 0 radical (unpaired) electrons. The number of hydrogen-bond donors (Lipinski definition) is 1. The van der Waals surface area contributed by atoms with Crippen molar-refractivity contribution in [1.82, 2.24) is 0 Å². The highest BCUT2D eigenvalue weighted by molar-refractivity contribution is 7.92. The van der Waals surface area contributed by atoms with Crippen molar-refractivity contribution in [1.29, 1.82) is 0 Å². The standard InChI is InChI=1S/C23H21ClN2O5S/c1-2-26(20-6-4-3-5-7-20)32(29,30)21-14-8-17(9-15-21)23(28)31-16-22(27)25-19-12-10-18(24)11-13-19/h3-15H,2,16H2,1H3,(H,25,27). The monoisotopic (exact) mass is 472 g/mol. The van der Waals surface area contributed by atoms with Crippen molar-refractivity contribution in [3.8, 4) is 0 Å². The molecule has 166 valence electrons. The molecule has 0 fully saturated rings. The molecular weight excluding hydrogens is 452 g/mol. The molecule has 0 aliphatic heterocycles. The number of ether oxygens (including phenoxy) is 1. The fourth-order valence-corrected chi connectivity index (χ4v) is 4.52. The largest absolute Gasteiger partial charge is 0.452 e. The molecule has 3 rings (SSSR count). The number of amides is 1. The third kappa shape index (κ3) is 5.66. The number of esters is 1. The van der Waals surface area contributed by atoms with Crippen molar-refractivity contribution in [2.45, 2.75) is 11.8 Å². The molecule has 3 aromatic carbocycles. The number of halogens is 1. The summed E-state index contributed by atoms with van der Waals surface area (Å²) in [5.41, 5.74) is 1.19. The number of anilines is 2. The number of sulfonamides is 1. The third-order valence-corrected chi connectivity index (χ3v) is 6.64. The molecule has 0 aromatic heterocycles. The molecule has 0 atom stereocenters. The summed E-state index contributed by atoms with van der Waals surface area (Å²) in [6.07, 6.45) is 0. The summed E-state index contributed by atoms with van der Waals surface area (Å²) in [5.74, 6) is -1.25. The van der Waals surface area contributed by atoms with Crippen molar-refractivity contribution in [3.05, 3.63) is 89.4 Å². The van der Waals surface area contributed by atoms with Crippen LogP contribution in [0.2, 0.25) is 5.02 Å². The number of nitrogens with zero attached hydrogens (tertiary/aromatic N) is 1. The van der Waals surface area contributed by atoms with Gasteiger partial charge in [-0.15, -0.1) is 0 Å². The van der Waals surface area contributed by atoms with Crippen molar-refractivity contribution in [2.24, 2.45) is 0 Å². The van der Waals surface area contributed by atoms with E-state index in [0.29, 0.717) is 16.4 Å². The van der Waals surface area contributed by atoms with Gasteiger partial charge in [-0.25, -0.2) is 13.2 Å². The van der Waals surface area contributed by atoms with Crippen LogP contribution in [-0.4, -0.2) is 33.4 Å². The minimum atomic E-state index is -3.80. The van der Waals surface area contributed by atoms with E-state index in [1.165, 1.54) is 28.6 Å². The van der Waals surface area contributed by atoms with Crippen molar-refractivity contribution in [2.75, 3.05) is 22.8 Å². The molecule has 0 saturated heterocycles. The first kappa shape index (κ1) is 23.3. The molecule has 0 unspecified atom stereocenters. The first-order valence-electron chi connectivity index (χ1n) is 9.71. The fraction of sp³-hybridized carbons (Fsp3) is 0.130. The molecular formula is C23H21ClN2O5S. The molecule has 0 saturated carbocycles. The summed E-state index contributed by atoms with van der Waals surface area (Å²) in [6, 6.07) is 20.6. The van der Waals surface area contributed by atoms with E-state index >= 15 is 0 Å². The molecule has 0 heterocycles. The number of carbonyl (C=O) groups is 2. The quantitative estimate of drug-likeness (QED) is 0.492. The van der Waals surface area contributed by atoms with E-state index in [1.54, 1.807) is 61.5 Å². The molecule has 1 N–H and O–H groups in total. The van der Waals surface area contributed by atoms with Gasteiger partial charge in [0.25, 0.3) is 15.9 Å². The summed E-state index contributed by atoms with van der Waals surface area (Å²) in [5, 5.41) is 3.11. The molecule has 0 spiro atoms. The number of hydrogen-bond acceptors (Lipinski definition) is 5. The summed E-state index contributed by atoms with van der Waals surface area (Å²) < 4.78 is 32.3. The van der Waals surface area contributed by atoms with E-state index in [1.807, 2.05) is 0 Å². The molecule has 3 aromatic rings. The van der Waals surface area contributed by atoms with E-state index in [-0.39, 0.29) is 17.0 Å². The lowest BCUT2D eigenvalue weighted by Crippen LogP contribution is -2.30. The molecule has 0 bridgehead atoms. The van der Waals surface area contributed by atoms with Gasteiger partial charge >= 0.3 is 5.97 Å². The minimum absolute atomic E-state index is 0.0419. The maximum atomic E-state index is 13.0. The van der Waals surface area contributed by atoms with Gasteiger partial charge in [0.05, 0.1) is 16.1 Å². The van der Waals surface area contributed by atoms with Gasteiger partial charge in [0, 0.05) is 17.3 Å². The summed E-state index contributed by atoms with van der Waals surface area (Å²) in [4.78, 5) is 24.2.